The molecule has 0 saturated carbocycles. The van der Waals surface area contributed by atoms with Gasteiger partial charge in [-0.25, -0.2) is 4.98 Å². The lowest BCUT2D eigenvalue weighted by atomic mass is 9.98. The minimum atomic E-state index is -0.351. The van der Waals surface area contributed by atoms with E-state index in [0.29, 0.717) is 11.7 Å². The van der Waals surface area contributed by atoms with Crippen LogP contribution in [0, 0.1) is 0 Å². The highest BCUT2D eigenvalue weighted by Gasteiger charge is 2.33. The first kappa shape index (κ1) is 24.9. The maximum Gasteiger partial charge on any atom is 0.244 e. The molecule has 5 rings (SSSR count). The number of aromatic nitrogens is 3. The highest BCUT2D eigenvalue weighted by Crippen LogP contribution is 2.35. The van der Waals surface area contributed by atoms with Crippen LogP contribution in [0.5, 0.6) is 5.75 Å². The lowest BCUT2D eigenvalue weighted by Gasteiger charge is -2.29. The SMILES string of the molecule is COc1ccccc1-c1[nH]nc2ncc(-c3cccc(C(C(=O)N4CCC(N(C)C)C4)N(C)C)c3)cc12. The highest BCUT2D eigenvalue weighted by atomic mass is 16.5. The van der Waals surface area contributed by atoms with Gasteiger partial charge in [-0.05, 0) is 70.0 Å². The van der Waals surface area contributed by atoms with Gasteiger partial charge in [-0.15, -0.1) is 0 Å². The first-order chi connectivity index (χ1) is 17.9. The zero-order valence-corrected chi connectivity index (χ0v) is 22.1. The van der Waals surface area contributed by atoms with Gasteiger partial charge in [0.15, 0.2) is 5.65 Å². The minimum absolute atomic E-state index is 0.147. The van der Waals surface area contributed by atoms with E-state index in [2.05, 4.69) is 52.4 Å². The van der Waals surface area contributed by atoms with Crippen molar-refractivity contribution in [2.75, 3.05) is 48.4 Å². The van der Waals surface area contributed by atoms with Crippen molar-refractivity contribution in [3.63, 3.8) is 0 Å². The molecule has 8 nitrogen and oxygen atoms in total. The summed E-state index contributed by atoms with van der Waals surface area (Å²) in [5.74, 6) is 0.916. The first-order valence-corrected chi connectivity index (χ1v) is 12.6. The Labute approximate surface area is 217 Å². The first-order valence-electron chi connectivity index (χ1n) is 12.6. The van der Waals surface area contributed by atoms with E-state index in [1.165, 1.54) is 0 Å². The number of carbonyl (C=O) groups is 1. The Morgan fingerprint density at radius 1 is 1.08 bits per heavy atom. The van der Waals surface area contributed by atoms with E-state index in [4.69, 9.17) is 4.74 Å². The molecular weight excluding hydrogens is 464 g/mol. The van der Waals surface area contributed by atoms with Gasteiger partial charge in [0.1, 0.15) is 11.8 Å². The predicted molar refractivity (Wildman–Crippen MR) is 146 cm³/mol. The topological polar surface area (TPSA) is 77.6 Å². The molecule has 0 spiro atoms. The third kappa shape index (κ3) is 4.82. The number of amides is 1. The highest BCUT2D eigenvalue weighted by molar-refractivity contribution is 5.95. The van der Waals surface area contributed by atoms with Crippen LogP contribution in [0.3, 0.4) is 0 Å². The Balaban J connectivity index is 1.49. The number of benzene rings is 2. The van der Waals surface area contributed by atoms with Crippen molar-refractivity contribution >= 4 is 16.9 Å². The number of aromatic amines is 1. The minimum Gasteiger partial charge on any atom is -0.496 e. The summed E-state index contributed by atoms with van der Waals surface area (Å²) < 4.78 is 5.57. The number of para-hydroxylation sites is 1. The monoisotopic (exact) mass is 498 g/mol. The Morgan fingerprint density at radius 3 is 2.62 bits per heavy atom. The summed E-state index contributed by atoms with van der Waals surface area (Å²) in [6.07, 6.45) is 2.84. The summed E-state index contributed by atoms with van der Waals surface area (Å²) in [5, 5.41) is 8.46. The van der Waals surface area contributed by atoms with E-state index in [-0.39, 0.29) is 11.9 Å². The molecule has 0 bridgehead atoms. The van der Waals surface area contributed by atoms with Crippen molar-refractivity contribution in [1.82, 2.24) is 29.9 Å². The zero-order valence-electron chi connectivity index (χ0n) is 22.1. The van der Waals surface area contributed by atoms with Crippen LogP contribution in [0.2, 0.25) is 0 Å². The number of hydrogen-bond donors (Lipinski definition) is 1. The normalized spacial score (nSPS) is 16.6. The number of ether oxygens (including phenoxy) is 1. The van der Waals surface area contributed by atoms with Crippen LogP contribution in [-0.2, 0) is 4.79 Å². The van der Waals surface area contributed by atoms with E-state index < -0.39 is 0 Å². The van der Waals surface area contributed by atoms with E-state index in [1.54, 1.807) is 7.11 Å². The van der Waals surface area contributed by atoms with Gasteiger partial charge in [0.25, 0.3) is 0 Å². The van der Waals surface area contributed by atoms with E-state index >= 15 is 0 Å². The zero-order chi connectivity index (χ0) is 26.1. The van der Waals surface area contributed by atoms with Gasteiger partial charge in [0.05, 0.1) is 12.8 Å². The lowest BCUT2D eigenvalue weighted by Crippen LogP contribution is -2.41. The van der Waals surface area contributed by atoms with Crippen molar-refractivity contribution in [3.8, 4) is 28.1 Å². The Bertz CT molecular complexity index is 1410. The largest absolute Gasteiger partial charge is 0.496 e. The Morgan fingerprint density at radius 2 is 1.89 bits per heavy atom. The van der Waals surface area contributed by atoms with Gasteiger partial charge in [-0.2, -0.15) is 5.10 Å². The second-order valence-corrected chi connectivity index (χ2v) is 10.1. The van der Waals surface area contributed by atoms with Crippen molar-refractivity contribution in [2.24, 2.45) is 0 Å². The second kappa shape index (κ2) is 10.3. The molecule has 4 aromatic rings. The number of nitrogens with one attached hydrogen (secondary N) is 1. The van der Waals surface area contributed by atoms with Crippen LogP contribution >= 0.6 is 0 Å². The number of likely N-dealkylation sites (tertiary alicyclic amines) is 1. The number of rotatable bonds is 7. The van der Waals surface area contributed by atoms with Crippen molar-refractivity contribution in [1.29, 1.82) is 0 Å². The average molecular weight is 499 g/mol. The third-order valence-electron chi connectivity index (χ3n) is 7.28. The third-order valence-corrected chi connectivity index (χ3v) is 7.28. The number of pyridine rings is 1. The molecule has 0 radical (unpaired) electrons. The van der Waals surface area contributed by atoms with Gasteiger partial charge < -0.3 is 14.5 Å². The van der Waals surface area contributed by atoms with Gasteiger partial charge in [-0.1, -0.05) is 30.3 Å². The predicted octanol–water partition coefficient (Wildman–Crippen LogP) is 4.07. The molecule has 1 N–H and O–H groups in total. The lowest BCUT2D eigenvalue weighted by molar-refractivity contribution is -0.135. The molecule has 8 heteroatoms. The molecule has 1 fully saturated rings. The summed E-state index contributed by atoms with van der Waals surface area (Å²) in [7, 11) is 9.75. The number of methoxy groups -OCH3 is 1. The average Bonchev–Trinajstić information content (AvgIpc) is 3.56. The molecule has 2 unspecified atom stereocenters. The standard InChI is InChI=1S/C29H34N6O2/c1-33(2)22-13-14-35(18-22)29(36)27(34(3)4)20-10-8-9-19(15-20)21-16-24-26(31-32-28(24)30-17-21)23-11-6-7-12-25(23)37-5/h6-12,15-17,22,27H,13-14,18H2,1-5H3,(H,30,31,32). The van der Waals surface area contributed by atoms with Gasteiger partial charge >= 0.3 is 0 Å². The van der Waals surface area contributed by atoms with Crippen molar-refractivity contribution < 1.29 is 9.53 Å². The molecule has 2 aromatic carbocycles. The summed E-state index contributed by atoms with van der Waals surface area (Å²) in [5.41, 5.74) is 5.38. The number of nitrogens with zero attached hydrogens (tertiary/aromatic N) is 5. The van der Waals surface area contributed by atoms with Crippen LogP contribution in [0.4, 0.5) is 0 Å². The van der Waals surface area contributed by atoms with Crippen LogP contribution in [0.15, 0.2) is 60.8 Å². The second-order valence-electron chi connectivity index (χ2n) is 10.1. The fraction of sp³-hybridized carbons (Fsp3) is 0.345. The molecule has 1 amide bonds. The van der Waals surface area contributed by atoms with E-state index in [0.717, 1.165) is 58.6 Å². The summed E-state index contributed by atoms with van der Waals surface area (Å²) >= 11 is 0. The van der Waals surface area contributed by atoms with E-state index in [1.807, 2.05) is 66.5 Å². The maximum absolute atomic E-state index is 13.6. The molecule has 192 valence electrons. The fourth-order valence-electron chi connectivity index (χ4n) is 5.20. The summed E-state index contributed by atoms with van der Waals surface area (Å²) in [6, 6.07) is 18.2. The van der Waals surface area contributed by atoms with Crippen LogP contribution in [0.1, 0.15) is 18.0 Å². The fourth-order valence-corrected chi connectivity index (χ4v) is 5.20. The molecule has 37 heavy (non-hydrogen) atoms. The maximum atomic E-state index is 13.6. The molecule has 2 aromatic heterocycles. The van der Waals surface area contributed by atoms with Gasteiger partial charge in [0.2, 0.25) is 5.91 Å². The molecule has 2 atom stereocenters. The van der Waals surface area contributed by atoms with Crippen LogP contribution in [0.25, 0.3) is 33.4 Å². The van der Waals surface area contributed by atoms with Crippen LogP contribution < -0.4 is 4.74 Å². The number of fused-ring (bicyclic) bond motifs is 1. The molecule has 1 saturated heterocycles. The van der Waals surface area contributed by atoms with Crippen molar-refractivity contribution in [2.45, 2.75) is 18.5 Å². The molecule has 1 aliphatic rings. The number of carbonyl (C=O) groups excluding carboxylic acids is 1. The molecule has 3 heterocycles. The molecule has 0 aliphatic carbocycles. The quantitative estimate of drug-likeness (QED) is 0.414. The molecular formula is C29H34N6O2. The van der Waals surface area contributed by atoms with Crippen molar-refractivity contribution in [3.05, 3.63) is 66.4 Å². The van der Waals surface area contributed by atoms with Gasteiger partial charge in [-0.3, -0.25) is 14.8 Å². The Kier molecular flexibility index (Phi) is 6.95. The molecule has 1 aliphatic heterocycles. The smallest absolute Gasteiger partial charge is 0.244 e. The summed E-state index contributed by atoms with van der Waals surface area (Å²) in [6.45, 7) is 1.56. The van der Waals surface area contributed by atoms with Gasteiger partial charge in [0, 0.05) is 41.8 Å². The Hall–Kier alpha value is -3.75. The number of likely N-dealkylation sites (N-methyl/N-ethyl adjacent to an activating group) is 2. The number of H-pyrrole nitrogens is 1. The van der Waals surface area contributed by atoms with E-state index in [9.17, 15) is 4.79 Å². The van der Waals surface area contributed by atoms with Crippen LogP contribution in [-0.4, -0.2) is 90.2 Å². The number of hydrogen-bond acceptors (Lipinski definition) is 6. The summed E-state index contributed by atoms with van der Waals surface area (Å²) in [4.78, 5) is 24.5.